The van der Waals surface area contributed by atoms with Crippen LogP contribution in [0.5, 0.6) is 0 Å². The summed E-state index contributed by atoms with van der Waals surface area (Å²) in [5.41, 5.74) is -1.83. The highest BCUT2D eigenvalue weighted by Gasteiger charge is 2.71. The summed E-state index contributed by atoms with van der Waals surface area (Å²) in [6.45, 7) is 0. The molecule has 0 radical (unpaired) electrons. The number of benzene rings is 2. The number of halogens is 3. The molecule has 2 bridgehead atoms. The van der Waals surface area contributed by atoms with Crippen molar-refractivity contribution >= 4 is 5.97 Å². The zero-order valence-corrected chi connectivity index (χ0v) is 18.8. The Morgan fingerprint density at radius 3 is 1.81 bits per heavy atom. The molecule has 1 N–H and O–H groups in total. The number of carbonyl (C=O) groups excluding carboxylic acids is 1. The quantitative estimate of drug-likeness (QED) is 0.353. The monoisotopic (exact) mass is 495 g/mol. The molecule has 0 aromatic heterocycles. The minimum Gasteiger partial charge on any atom is -1.00 e. The summed E-state index contributed by atoms with van der Waals surface area (Å²) in [5.74, 6) is -1.82. The highest BCUT2D eigenvalue weighted by atomic mass is 79.9. The van der Waals surface area contributed by atoms with Crippen molar-refractivity contribution in [3.05, 3.63) is 71.3 Å². The van der Waals surface area contributed by atoms with E-state index in [4.69, 9.17) is 9.47 Å². The summed E-state index contributed by atoms with van der Waals surface area (Å²) >= 11 is 0. The second kappa shape index (κ2) is 7.62. The van der Waals surface area contributed by atoms with Crippen molar-refractivity contribution in [2.75, 3.05) is 14.1 Å². The first-order valence-corrected chi connectivity index (χ1v) is 10.2. The van der Waals surface area contributed by atoms with Crippen LogP contribution in [0.3, 0.4) is 0 Å². The number of fused-ring (bicyclic) bond motifs is 5. The van der Waals surface area contributed by atoms with Crippen molar-refractivity contribution in [3.63, 3.8) is 0 Å². The highest BCUT2D eigenvalue weighted by molar-refractivity contribution is 5.85. The van der Waals surface area contributed by atoms with Gasteiger partial charge >= 0.3 is 5.97 Å². The molecule has 31 heavy (non-hydrogen) atoms. The fraction of sp³-hybridized carbons (Fsp3) is 0.435. The summed E-state index contributed by atoms with van der Waals surface area (Å²) in [6.07, 6.45) is 1.38. The van der Waals surface area contributed by atoms with Crippen LogP contribution in [0, 0.1) is 11.6 Å². The zero-order valence-electron chi connectivity index (χ0n) is 17.2. The van der Waals surface area contributed by atoms with E-state index in [2.05, 4.69) is 14.1 Å². The molecule has 8 heteroatoms. The van der Waals surface area contributed by atoms with Crippen molar-refractivity contribution in [2.45, 2.75) is 48.8 Å². The van der Waals surface area contributed by atoms with Crippen molar-refractivity contribution in [3.8, 4) is 0 Å². The van der Waals surface area contributed by atoms with Crippen LogP contribution in [0.1, 0.15) is 24.0 Å². The summed E-state index contributed by atoms with van der Waals surface area (Å²) in [6, 6.07) is 10.5. The van der Waals surface area contributed by atoms with Crippen LogP contribution in [0.4, 0.5) is 8.78 Å². The van der Waals surface area contributed by atoms with Crippen LogP contribution in [0.15, 0.2) is 48.5 Å². The van der Waals surface area contributed by atoms with Crippen molar-refractivity contribution < 1.29 is 49.6 Å². The lowest BCUT2D eigenvalue weighted by Crippen LogP contribution is -3.00. The number of quaternary nitrogens is 1. The summed E-state index contributed by atoms with van der Waals surface area (Å²) in [4.78, 5) is 13.3. The largest absolute Gasteiger partial charge is 1.00 e. The van der Waals surface area contributed by atoms with Gasteiger partial charge in [-0.1, -0.05) is 24.3 Å². The topological polar surface area (TPSA) is 59.1 Å². The third kappa shape index (κ3) is 3.50. The van der Waals surface area contributed by atoms with E-state index in [-0.39, 0.29) is 58.5 Å². The van der Waals surface area contributed by atoms with E-state index in [1.54, 1.807) is 0 Å². The van der Waals surface area contributed by atoms with Crippen LogP contribution < -0.4 is 17.0 Å². The standard InChI is InChI=1S/C23H24F2NO4.BrH/c1-26(2)18-11-17(12-19(26)21-20(18)30-21)29-22(27)23(28,13-3-7-15(24)8-4-13)14-5-9-16(25)10-6-14;/h3-10,17-21,28H,11-12H2,1-2H3;1H/q+1;/p-1. The minimum absolute atomic E-state index is 0. The summed E-state index contributed by atoms with van der Waals surface area (Å²) in [5, 5.41) is 11.5. The summed E-state index contributed by atoms with van der Waals surface area (Å²) < 4.78 is 39.3. The Morgan fingerprint density at radius 2 is 1.39 bits per heavy atom. The third-order valence-corrected chi connectivity index (χ3v) is 7.13. The van der Waals surface area contributed by atoms with Gasteiger partial charge in [0, 0.05) is 12.8 Å². The fourth-order valence-corrected chi connectivity index (χ4v) is 5.32. The number of hydrogen-bond acceptors (Lipinski definition) is 4. The van der Waals surface area contributed by atoms with Crippen LogP contribution >= 0.6 is 0 Å². The molecule has 3 aliphatic heterocycles. The van der Waals surface area contributed by atoms with Gasteiger partial charge in [-0.15, -0.1) is 0 Å². The maximum atomic E-state index is 13.4. The number of rotatable bonds is 4. The lowest BCUT2D eigenvalue weighted by atomic mass is 9.86. The number of esters is 1. The Labute approximate surface area is 189 Å². The Morgan fingerprint density at radius 1 is 0.968 bits per heavy atom. The van der Waals surface area contributed by atoms with E-state index in [1.807, 2.05) is 0 Å². The third-order valence-electron chi connectivity index (χ3n) is 7.13. The Bertz CT molecular complexity index is 917. The van der Waals surface area contributed by atoms with E-state index < -0.39 is 23.2 Å². The molecule has 4 atom stereocenters. The number of piperidine rings is 1. The molecule has 2 aromatic carbocycles. The maximum absolute atomic E-state index is 13.4. The van der Waals surface area contributed by atoms with Crippen molar-refractivity contribution in [2.24, 2.45) is 0 Å². The Balaban J connectivity index is 0.00000231. The molecule has 2 aromatic rings. The molecule has 0 amide bonds. The van der Waals surface area contributed by atoms with Crippen molar-refractivity contribution in [1.29, 1.82) is 0 Å². The molecule has 0 aliphatic carbocycles. The number of aliphatic hydroxyl groups is 1. The average Bonchev–Trinajstić information content (AvgIpc) is 3.47. The lowest BCUT2D eigenvalue weighted by molar-refractivity contribution is -0.938. The van der Waals surface area contributed by atoms with Gasteiger partial charge in [-0.2, -0.15) is 0 Å². The molecule has 3 aliphatic rings. The van der Waals surface area contributed by atoms with E-state index in [0.29, 0.717) is 12.8 Å². The molecule has 5 rings (SSSR count). The molecule has 4 unspecified atom stereocenters. The number of hydrogen-bond donors (Lipinski definition) is 1. The lowest BCUT2D eigenvalue weighted by Gasteiger charge is -2.45. The first-order chi connectivity index (χ1) is 14.2. The van der Waals surface area contributed by atoms with Gasteiger partial charge in [0.1, 0.15) is 42.0 Å². The number of nitrogens with zero attached hydrogens (tertiary/aromatic N) is 1. The summed E-state index contributed by atoms with van der Waals surface area (Å²) in [7, 11) is 4.35. The van der Waals surface area contributed by atoms with Gasteiger partial charge in [0.15, 0.2) is 0 Å². The van der Waals surface area contributed by atoms with Gasteiger partial charge in [0.25, 0.3) is 0 Å². The van der Waals surface area contributed by atoms with Crippen LogP contribution in [-0.2, 0) is 19.9 Å². The van der Waals surface area contributed by atoms with Crippen LogP contribution in [0.25, 0.3) is 0 Å². The number of likely N-dealkylation sites (N-methyl/N-ethyl adjacent to an activating group) is 1. The second-order valence-electron chi connectivity index (χ2n) is 9.05. The van der Waals surface area contributed by atoms with Crippen LogP contribution in [0.2, 0.25) is 0 Å². The van der Waals surface area contributed by atoms with E-state index in [0.717, 1.165) is 4.48 Å². The molecule has 3 fully saturated rings. The average molecular weight is 496 g/mol. The first-order valence-electron chi connectivity index (χ1n) is 10.2. The van der Waals surface area contributed by atoms with Crippen molar-refractivity contribution in [1.82, 2.24) is 0 Å². The molecule has 3 saturated heterocycles. The van der Waals surface area contributed by atoms with Gasteiger partial charge in [-0.25, -0.2) is 13.6 Å². The molecular formula is C23H24BrF2NO4. The van der Waals surface area contributed by atoms with Gasteiger partial charge in [0.05, 0.1) is 14.1 Å². The molecule has 0 spiro atoms. The first kappa shape index (κ1) is 22.3. The predicted molar refractivity (Wildman–Crippen MR) is 103 cm³/mol. The number of ether oxygens (including phenoxy) is 2. The minimum atomic E-state index is -2.16. The Kier molecular flexibility index (Phi) is 5.49. The van der Waals surface area contributed by atoms with Gasteiger partial charge in [0.2, 0.25) is 5.60 Å². The molecule has 166 valence electrons. The Hall–Kier alpha value is -1.87. The van der Waals surface area contributed by atoms with E-state index in [9.17, 15) is 18.7 Å². The molecular weight excluding hydrogens is 472 g/mol. The second-order valence-corrected chi connectivity index (χ2v) is 9.05. The van der Waals surface area contributed by atoms with Gasteiger partial charge in [-0.05, 0) is 35.4 Å². The molecule has 5 nitrogen and oxygen atoms in total. The normalized spacial score (nSPS) is 30.2. The SMILES string of the molecule is C[N+]1(C)C2CC(OC(=O)C(O)(c3ccc(F)cc3)c3ccc(F)cc3)CC1C1OC12.[Br-]. The zero-order chi connectivity index (χ0) is 21.3. The smallest absolute Gasteiger partial charge is 0.347 e. The van der Waals surface area contributed by atoms with Gasteiger partial charge < -0.3 is 36.0 Å². The van der Waals surface area contributed by atoms with Crippen LogP contribution in [-0.4, -0.2) is 60.0 Å². The van der Waals surface area contributed by atoms with E-state index >= 15 is 0 Å². The van der Waals surface area contributed by atoms with Gasteiger partial charge in [-0.3, -0.25) is 0 Å². The fourth-order valence-electron chi connectivity index (χ4n) is 5.32. The molecule has 3 heterocycles. The number of carbonyl (C=O) groups is 1. The number of morpholine rings is 1. The predicted octanol–water partition coefficient (Wildman–Crippen LogP) is -0.495. The number of epoxide rings is 1. The highest BCUT2D eigenvalue weighted by Crippen LogP contribution is 2.51. The van der Waals surface area contributed by atoms with E-state index in [1.165, 1.54) is 48.5 Å². The molecule has 0 saturated carbocycles. The maximum Gasteiger partial charge on any atom is 0.347 e.